The van der Waals surface area contributed by atoms with Crippen molar-refractivity contribution in [3.05, 3.63) is 0 Å². The molecule has 0 radical (unpaired) electrons. The fourth-order valence-corrected chi connectivity index (χ4v) is 3.12. The molecule has 0 spiro atoms. The molecule has 15 heavy (non-hydrogen) atoms. The summed E-state index contributed by atoms with van der Waals surface area (Å²) in [7, 11) is 0. The van der Waals surface area contributed by atoms with E-state index in [1.54, 1.807) is 6.92 Å². The third-order valence-corrected chi connectivity index (χ3v) is 3.87. The summed E-state index contributed by atoms with van der Waals surface area (Å²) in [6, 6.07) is 0.581. The molecule has 4 atom stereocenters. The van der Waals surface area contributed by atoms with Crippen LogP contribution in [0.2, 0.25) is 0 Å². The number of nitrogens with one attached hydrogen (secondary N) is 2. The molecule has 4 heteroatoms. The van der Waals surface area contributed by atoms with Crippen LogP contribution in [0.3, 0.4) is 0 Å². The van der Waals surface area contributed by atoms with Crippen LogP contribution in [0.1, 0.15) is 32.6 Å². The molecule has 2 aliphatic rings. The van der Waals surface area contributed by atoms with E-state index in [0.29, 0.717) is 17.7 Å². The Morgan fingerprint density at radius 3 is 2.80 bits per heavy atom. The lowest BCUT2D eigenvalue weighted by atomic mass is 9.96. The zero-order chi connectivity index (χ0) is 10.8. The number of thiocarbonyl (C=S) groups is 1. The van der Waals surface area contributed by atoms with Gasteiger partial charge in [-0.25, -0.2) is 0 Å². The topological polar surface area (TPSA) is 44.3 Å². The lowest BCUT2D eigenvalue weighted by molar-refractivity contribution is 0.197. The van der Waals surface area contributed by atoms with E-state index in [1.807, 2.05) is 0 Å². The lowest BCUT2D eigenvalue weighted by Gasteiger charge is -2.24. The number of rotatable bonds is 3. The molecule has 0 saturated heterocycles. The first-order valence-corrected chi connectivity index (χ1v) is 6.28. The van der Waals surface area contributed by atoms with Crippen molar-refractivity contribution in [1.82, 2.24) is 10.6 Å². The maximum absolute atomic E-state index is 9.12. The van der Waals surface area contributed by atoms with Gasteiger partial charge in [-0.05, 0) is 50.2 Å². The quantitative estimate of drug-likeness (QED) is 0.631. The van der Waals surface area contributed by atoms with Crippen molar-refractivity contribution in [2.45, 2.75) is 44.8 Å². The van der Waals surface area contributed by atoms with E-state index in [9.17, 15) is 0 Å². The summed E-state index contributed by atoms with van der Waals surface area (Å²) in [5.74, 6) is 1.77. The van der Waals surface area contributed by atoms with Crippen LogP contribution >= 0.6 is 12.2 Å². The van der Waals surface area contributed by atoms with Crippen molar-refractivity contribution in [3.63, 3.8) is 0 Å². The summed E-state index contributed by atoms with van der Waals surface area (Å²) in [4.78, 5) is 0. The predicted octanol–water partition coefficient (Wildman–Crippen LogP) is 1.02. The normalized spacial score (nSPS) is 35.2. The fourth-order valence-electron chi connectivity index (χ4n) is 2.88. The second-order valence-corrected chi connectivity index (χ2v) is 5.39. The van der Waals surface area contributed by atoms with E-state index in [1.165, 1.54) is 25.7 Å². The number of fused-ring (bicyclic) bond motifs is 2. The predicted molar refractivity (Wildman–Crippen MR) is 64.7 cm³/mol. The van der Waals surface area contributed by atoms with Gasteiger partial charge in [0.05, 0.1) is 6.10 Å². The summed E-state index contributed by atoms with van der Waals surface area (Å²) in [5, 5.41) is 16.2. The first kappa shape index (κ1) is 11.1. The largest absolute Gasteiger partial charge is 0.392 e. The Morgan fingerprint density at radius 1 is 1.47 bits per heavy atom. The maximum atomic E-state index is 9.12. The van der Waals surface area contributed by atoms with Gasteiger partial charge in [-0.3, -0.25) is 0 Å². The molecule has 2 aliphatic carbocycles. The van der Waals surface area contributed by atoms with Gasteiger partial charge in [-0.15, -0.1) is 0 Å². The molecular weight excluding hydrogens is 208 g/mol. The molecule has 86 valence electrons. The fraction of sp³-hybridized carbons (Fsp3) is 0.909. The third-order valence-electron chi connectivity index (χ3n) is 3.61. The summed E-state index contributed by atoms with van der Waals surface area (Å²) in [6.07, 6.45) is 5.10. The SMILES string of the molecule is C[C@@H](O)CNC(=S)N[C@@H]1C[C@H]2CC[C@H]1C2. The zero-order valence-corrected chi connectivity index (χ0v) is 10.0. The molecule has 2 saturated carbocycles. The summed E-state index contributed by atoms with van der Waals surface area (Å²) in [6.45, 7) is 2.29. The Labute approximate surface area is 96.6 Å². The molecule has 2 fully saturated rings. The molecule has 0 heterocycles. The van der Waals surface area contributed by atoms with Crippen molar-refractivity contribution in [2.24, 2.45) is 11.8 Å². The van der Waals surface area contributed by atoms with Crippen molar-refractivity contribution < 1.29 is 5.11 Å². The highest BCUT2D eigenvalue weighted by molar-refractivity contribution is 7.80. The van der Waals surface area contributed by atoms with Gasteiger partial charge in [0.1, 0.15) is 0 Å². The second-order valence-electron chi connectivity index (χ2n) is 4.98. The Kier molecular flexibility index (Phi) is 3.46. The molecular formula is C11H20N2OS. The van der Waals surface area contributed by atoms with Crippen molar-refractivity contribution in [2.75, 3.05) is 6.54 Å². The van der Waals surface area contributed by atoms with Crippen LogP contribution in [0, 0.1) is 11.8 Å². The van der Waals surface area contributed by atoms with Gasteiger partial charge in [0.15, 0.2) is 5.11 Å². The van der Waals surface area contributed by atoms with Crippen LogP contribution in [0.15, 0.2) is 0 Å². The molecule has 3 nitrogen and oxygen atoms in total. The van der Waals surface area contributed by atoms with Gasteiger partial charge in [-0.2, -0.15) is 0 Å². The minimum Gasteiger partial charge on any atom is -0.392 e. The first-order chi connectivity index (χ1) is 7.15. The minimum atomic E-state index is -0.343. The molecule has 0 aromatic heterocycles. The number of aliphatic hydroxyl groups excluding tert-OH is 1. The highest BCUT2D eigenvalue weighted by Crippen LogP contribution is 2.44. The van der Waals surface area contributed by atoms with E-state index in [2.05, 4.69) is 10.6 Å². The van der Waals surface area contributed by atoms with Gasteiger partial charge in [0, 0.05) is 12.6 Å². The van der Waals surface area contributed by atoms with E-state index in [-0.39, 0.29) is 6.10 Å². The van der Waals surface area contributed by atoms with Crippen molar-refractivity contribution in [3.8, 4) is 0 Å². The van der Waals surface area contributed by atoms with Crippen LogP contribution in [0.5, 0.6) is 0 Å². The molecule has 2 bridgehead atoms. The summed E-state index contributed by atoms with van der Waals surface area (Å²) < 4.78 is 0. The second kappa shape index (κ2) is 4.66. The molecule has 0 amide bonds. The molecule has 0 unspecified atom stereocenters. The minimum absolute atomic E-state index is 0.343. The van der Waals surface area contributed by atoms with Crippen molar-refractivity contribution >= 4 is 17.3 Å². The number of hydrogen-bond acceptors (Lipinski definition) is 2. The van der Waals surface area contributed by atoms with Gasteiger partial charge in [0.2, 0.25) is 0 Å². The zero-order valence-electron chi connectivity index (χ0n) is 9.20. The number of aliphatic hydroxyl groups is 1. The number of hydrogen-bond donors (Lipinski definition) is 3. The van der Waals surface area contributed by atoms with Gasteiger partial charge in [0.25, 0.3) is 0 Å². The van der Waals surface area contributed by atoms with Crippen molar-refractivity contribution in [1.29, 1.82) is 0 Å². The molecule has 3 N–H and O–H groups in total. The van der Waals surface area contributed by atoms with Gasteiger partial charge < -0.3 is 15.7 Å². The van der Waals surface area contributed by atoms with Crippen LogP contribution in [0.4, 0.5) is 0 Å². The van der Waals surface area contributed by atoms with Crippen LogP contribution < -0.4 is 10.6 Å². The average molecular weight is 228 g/mol. The van der Waals surface area contributed by atoms with Gasteiger partial charge >= 0.3 is 0 Å². The van der Waals surface area contributed by atoms with E-state index >= 15 is 0 Å². The van der Waals surface area contributed by atoms with E-state index < -0.39 is 0 Å². The molecule has 0 aromatic carbocycles. The van der Waals surface area contributed by atoms with Crippen LogP contribution in [-0.2, 0) is 0 Å². The Balaban J connectivity index is 1.71. The van der Waals surface area contributed by atoms with Gasteiger partial charge in [-0.1, -0.05) is 6.42 Å². The smallest absolute Gasteiger partial charge is 0.166 e. The molecule has 0 aromatic rings. The van der Waals surface area contributed by atoms with Crippen LogP contribution in [-0.4, -0.2) is 28.9 Å². The molecule has 2 rings (SSSR count). The Hall–Kier alpha value is -0.350. The standard InChI is InChI=1S/C11H20N2OS/c1-7(14)6-12-11(15)13-10-5-8-2-3-9(10)4-8/h7-10,14H,2-6H2,1H3,(H2,12,13,15)/t7-,8+,9+,10-/m1/s1. The maximum Gasteiger partial charge on any atom is 0.166 e. The third kappa shape index (κ3) is 2.82. The highest BCUT2D eigenvalue weighted by Gasteiger charge is 2.39. The monoisotopic (exact) mass is 228 g/mol. The Morgan fingerprint density at radius 2 is 2.27 bits per heavy atom. The summed E-state index contributed by atoms with van der Waals surface area (Å²) in [5.41, 5.74) is 0. The highest BCUT2D eigenvalue weighted by atomic mass is 32.1. The summed E-state index contributed by atoms with van der Waals surface area (Å²) >= 11 is 5.19. The van der Waals surface area contributed by atoms with E-state index in [4.69, 9.17) is 17.3 Å². The van der Waals surface area contributed by atoms with E-state index in [0.717, 1.165) is 11.8 Å². The lowest BCUT2D eigenvalue weighted by Crippen LogP contribution is -2.45. The average Bonchev–Trinajstić information content (AvgIpc) is 2.76. The first-order valence-electron chi connectivity index (χ1n) is 5.87. The molecule has 0 aliphatic heterocycles. The van der Waals surface area contributed by atoms with Crippen LogP contribution in [0.25, 0.3) is 0 Å². The Bertz CT molecular complexity index is 245.